The Bertz CT molecular complexity index is 930. The van der Waals surface area contributed by atoms with Crippen LogP contribution in [0.1, 0.15) is 11.1 Å². The largest absolute Gasteiger partial charge is 0.281 e. The first kappa shape index (κ1) is 19.7. The van der Waals surface area contributed by atoms with Crippen LogP contribution in [0.2, 0.25) is 0 Å². The van der Waals surface area contributed by atoms with Gasteiger partial charge in [-0.1, -0.05) is 78.9 Å². The van der Waals surface area contributed by atoms with E-state index in [4.69, 9.17) is 0 Å². The van der Waals surface area contributed by atoms with Crippen molar-refractivity contribution in [1.29, 1.82) is 0 Å². The first-order chi connectivity index (χ1) is 14.3. The molecule has 3 aromatic carbocycles. The van der Waals surface area contributed by atoms with Crippen molar-refractivity contribution in [2.75, 3.05) is 11.6 Å². The van der Waals surface area contributed by atoms with Crippen LogP contribution < -0.4 is 10.4 Å². The molecule has 0 bridgehead atoms. The molecule has 4 rings (SSSR count). The molecule has 0 aliphatic carbocycles. The van der Waals surface area contributed by atoms with E-state index < -0.39 is 0 Å². The summed E-state index contributed by atoms with van der Waals surface area (Å²) in [7, 11) is 0. The summed E-state index contributed by atoms with van der Waals surface area (Å²) in [5.41, 5.74) is 7.36. The summed E-state index contributed by atoms with van der Waals surface area (Å²) in [6, 6.07) is 30.8. The lowest BCUT2D eigenvalue weighted by Crippen LogP contribution is -2.32. The average Bonchev–Trinajstić information content (AvgIpc) is 3.17. The fourth-order valence-corrected chi connectivity index (χ4v) is 5.37. The molecule has 0 unspecified atom stereocenters. The van der Waals surface area contributed by atoms with Gasteiger partial charge in [-0.05, 0) is 23.3 Å². The van der Waals surface area contributed by atoms with Crippen molar-refractivity contribution in [2.45, 2.75) is 11.5 Å². The summed E-state index contributed by atoms with van der Waals surface area (Å²) in [5.74, 6) is 1.69. The minimum absolute atomic E-state index is 0.00928. The van der Waals surface area contributed by atoms with Crippen LogP contribution >= 0.6 is 23.5 Å². The molecule has 1 aliphatic heterocycles. The SMILES string of the molecule is O=C1NN(c2ccccc2)CC1=C(SCc1ccccc1)SCc1ccccc1. The highest BCUT2D eigenvalue weighted by atomic mass is 32.2. The zero-order valence-corrected chi connectivity index (χ0v) is 17.6. The Morgan fingerprint density at radius 1 is 0.759 bits per heavy atom. The van der Waals surface area contributed by atoms with Gasteiger partial charge in [-0.25, -0.2) is 0 Å². The molecular weight excluding hydrogens is 396 g/mol. The third-order valence-corrected chi connectivity index (χ3v) is 7.25. The van der Waals surface area contributed by atoms with Gasteiger partial charge in [0.2, 0.25) is 0 Å². The molecule has 0 aromatic heterocycles. The van der Waals surface area contributed by atoms with Crippen LogP contribution in [0.4, 0.5) is 5.69 Å². The lowest BCUT2D eigenvalue weighted by molar-refractivity contribution is -0.116. The highest BCUT2D eigenvalue weighted by Gasteiger charge is 2.28. The normalized spacial score (nSPS) is 13.4. The van der Waals surface area contributed by atoms with Crippen LogP contribution in [0.25, 0.3) is 0 Å². The maximum atomic E-state index is 12.8. The molecule has 3 nitrogen and oxygen atoms in total. The van der Waals surface area contributed by atoms with E-state index in [2.05, 4.69) is 54.0 Å². The highest BCUT2D eigenvalue weighted by molar-refractivity contribution is 8.21. The topological polar surface area (TPSA) is 32.3 Å². The Morgan fingerprint density at radius 2 is 1.24 bits per heavy atom. The van der Waals surface area contributed by atoms with E-state index in [-0.39, 0.29) is 5.91 Å². The van der Waals surface area contributed by atoms with Gasteiger partial charge in [0.05, 0.1) is 22.0 Å². The van der Waals surface area contributed by atoms with Crippen molar-refractivity contribution in [2.24, 2.45) is 0 Å². The number of rotatable bonds is 7. The third-order valence-electron chi connectivity index (χ3n) is 4.57. The van der Waals surface area contributed by atoms with Gasteiger partial charge in [0.1, 0.15) is 0 Å². The molecule has 1 saturated heterocycles. The van der Waals surface area contributed by atoms with E-state index in [1.54, 1.807) is 23.5 Å². The molecule has 1 aliphatic rings. The molecule has 1 amide bonds. The molecule has 1 N–H and O–H groups in total. The van der Waals surface area contributed by atoms with Crippen molar-refractivity contribution in [3.8, 4) is 0 Å². The number of carbonyl (C=O) groups excluding carboxylic acids is 1. The second-order valence-corrected chi connectivity index (χ2v) is 8.91. The van der Waals surface area contributed by atoms with Gasteiger partial charge in [-0.2, -0.15) is 0 Å². The summed E-state index contributed by atoms with van der Waals surface area (Å²) in [5, 5.41) is 1.92. The second-order valence-electron chi connectivity index (χ2n) is 6.68. The van der Waals surface area contributed by atoms with E-state index in [1.807, 2.05) is 47.5 Å². The van der Waals surface area contributed by atoms with E-state index in [1.165, 1.54) is 11.1 Å². The van der Waals surface area contributed by atoms with Crippen molar-refractivity contribution < 1.29 is 4.79 Å². The number of thioether (sulfide) groups is 2. The number of hydrogen-bond acceptors (Lipinski definition) is 4. The van der Waals surface area contributed by atoms with Gasteiger partial charge in [-0.15, -0.1) is 23.5 Å². The summed E-state index contributed by atoms with van der Waals surface area (Å²) < 4.78 is 1.09. The van der Waals surface area contributed by atoms with Crippen molar-refractivity contribution in [3.05, 3.63) is 112 Å². The number of benzene rings is 3. The minimum atomic E-state index is -0.00928. The molecule has 146 valence electrons. The third kappa shape index (κ3) is 5.25. The summed E-state index contributed by atoms with van der Waals surface area (Å²) in [4.78, 5) is 12.8. The predicted molar refractivity (Wildman–Crippen MR) is 124 cm³/mol. The number of hydrogen-bond donors (Lipinski definition) is 1. The molecule has 0 radical (unpaired) electrons. The fourth-order valence-electron chi connectivity index (χ4n) is 3.04. The molecule has 0 atom stereocenters. The van der Waals surface area contributed by atoms with E-state index in [0.717, 1.165) is 27.0 Å². The maximum Gasteiger partial charge on any atom is 0.269 e. The molecule has 29 heavy (non-hydrogen) atoms. The van der Waals surface area contributed by atoms with E-state index >= 15 is 0 Å². The Balaban J connectivity index is 1.55. The van der Waals surface area contributed by atoms with Crippen LogP contribution in [0.3, 0.4) is 0 Å². The quantitative estimate of drug-likeness (QED) is 0.505. The summed E-state index contributed by atoms with van der Waals surface area (Å²) in [6.07, 6.45) is 0. The maximum absolute atomic E-state index is 12.8. The minimum Gasteiger partial charge on any atom is -0.281 e. The van der Waals surface area contributed by atoms with Gasteiger partial charge in [-0.3, -0.25) is 15.2 Å². The van der Waals surface area contributed by atoms with Crippen LogP contribution in [-0.4, -0.2) is 12.5 Å². The fraction of sp³-hybridized carbons (Fsp3) is 0.125. The standard InChI is InChI=1S/C24H22N2OS2/c27-23-22(16-26(25-23)21-14-8-3-9-15-21)24(28-17-19-10-4-1-5-11-19)29-18-20-12-6-2-7-13-20/h1-15H,16-18H2,(H,25,27). The Hall–Kier alpha value is -2.63. The van der Waals surface area contributed by atoms with Crippen LogP contribution in [-0.2, 0) is 16.3 Å². The molecule has 3 aromatic rings. The molecule has 0 saturated carbocycles. The van der Waals surface area contributed by atoms with Crippen LogP contribution in [0.5, 0.6) is 0 Å². The first-order valence-corrected chi connectivity index (χ1v) is 11.5. The summed E-state index contributed by atoms with van der Waals surface area (Å²) in [6.45, 7) is 0.571. The van der Waals surface area contributed by atoms with E-state index in [9.17, 15) is 4.79 Å². The number of hydrazine groups is 1. The van der Waals surface area contributed by atoms with Crippen molar-refractivity contribution in [3.63, 3.8) is 0 Å². The van der Waals surface area contributed by atoms with Crippen molar-refractivity contribution >= 4 is 35.1 Å². The van der Waals surface area contributed by atoms with Gasteiger partial charge in [0, 0.05) is 11.5 Å². The number of anilines is 1. The van der Waals surface area contributed by atoms with Crippen LogP contribution in [0, 0.1) is 0 Å². The second kappa shape index (κ2) is 9.72. The number of amides is 1. The average molecular weight is 419 g/mol. The number of carbonyl (C=O) groups is 1. The summed E-state index contributed by atoms with van der Waals surface area (Å²) >= 11 is 3.49. The highest BCUT2D eigenvalue weighted by Crippen LogP contribution is 2.38. The smallest absolute Gasteiger partial charge is 0.269 e. The number of nitrogens with one attached hydrogen (secondary N) is 1. The Kier molecular flexibility index (Phi) is 6.60. The monoisotopic (exact) mass is 418 g/mol. The van der Waals surface area contributed by atoms with Gasteiger partial charge in [0.25, 0.3) is 5.91 Å². The van der Waals surface area contributed by atoms with Crippen LogP contribution in [0.15, 0.2) is 101 Å². The van der Waals surface area contributed by atoms with Gasteiger partial charge in [0.15, 0.2) is 0 Å². The lowest BCUT2D eigenvalue weighted by Gasteiger charge is -2.16. The zero-order valence-electron chi connectivity index (χ0n) is 16.0. The van der Waals surface area contributed by atoms with Gasteiger partial charge < -0.3 is 0 Å². The molecule has 1 fully saturated rings. The lowest BCUT2D eigenvalue weighted by atomic mass is 10.2. The zero-order chi connectivity index (χ0) is 19.9. The Labute approximate surface area is 180 Å². The predicted octanol–water partition coefficient (Wildman–Crippen LogP) is 5.62. The number of para-hydroxylation sites is 1. The van der Waals surface area contributed by atoms with Gasteiger partial charge >= 0.3 is 0 Å². The first-order valence-electron chi connectivity index (χ1n) is 9.50. The van der Waals surface area contributed by atoms with E-state index in [0.29, 0.717) is 6.54 Å². The molecular formula is C24H22N2OS2. The molecule has 0 spiro atoms. The number of nitrogens with zero attached hydrogens (tertiary/aromatic N) is 1. The molecule has 5 heteroatoms. The van der Waals surface area contributed by atoms with Crippen molar-refractivity contribution in [1.82, 2.24) is 5.43 Å². The molecule has 1 heterocycles. The Morgan fingerprint density at radius 3 is 1.76 bits per heavy atom.